The monoisotopic (exact) mass is 278 g/mol. The van der Waals surface area contributed by atoms with Gasteiger partial charge in [-0.15, -0.1) is 0 Å². The van der Waals surface area contributed by atoms with E-state index in [1.807, 2.05) is 24.3 Å². The van der Waals surface area contributed by atoms with Crippen molar-refractivity contribution in [2.75, 3.05) is 6.61 Å². The SMILES string of the molecule is CCCCOc1ccc(CNC(=O)CCC(=O)[O-])cc1. The second-order valence-electron chi connectivity index (χ2n) is 4.49. The molecule has 110 valence electrons. The zero-order valence-electron chi connectivity index (χ0n) is 11.7. The highest BCUT2D eigenvalue weighted by atomic mass is 16.5. The van der Waals surface area contributed by atoms with Crippen molar-refractivity contribution < 1.29 is 19.4 Å². The van der Waals surface area contributed by atoms with E-state index in [2.05, 4.69) is 12.2 Å². The molecule has 0 bridgehead atoms. The second-order valence-corrected chi connectivity index (χ2v) is 4.49. The Bertz CT molecular complexity index is 428. The Morgan fingerprint density at radius 1 is 1.20 bits per heavy atom. The van der Waals surface area contributed by atoms with Crippen LogP contribution in [0, 0.1) is 0 Å². The van der Waals surface area contributed by atoms with Gasteiger partial charge in [-0.05, 0) is 30.5 Å². The van der Waals surface area contributed by atoms with Crippen LogP contribution < -0.4 is 15.2 Å². The van der Waals surface area contributed by atoms with Gasteiger partial charge < -0.3 is 20.0 Å². The minimum Gasteiger partial charge on any atom is -0.550 e. The Kier molecular flexibility index (Phi) is 7.17. The van der Waals surface area contributed by atoms with Crippen molar-refractivity contribution in [1.29, 1.82) is 0 Å². The van der Waals surface area contributed by atoms with Crippen LogP contribution in [0.3, 0.4) is 0 Å². The molecule has 1 aromatic carbocycles. The van der Waals surface area contributed by atoms with Crippen LogP contribution in [0.1, 0.15) is 38.2 Å². The van der Waals surface area contributed by atoms with Gasteiger partial charge in [-0.2, -0.15) is 0 Å². The second kappa shape index (κ2) is 8.96. The van der Waals surface area contributed by atoms with E-state index < -0.39 is 5.97 Å². The van der Waals surface area contributed by atoms with Crippen molar-refractivity contribution in [3.63, 3.8) is 0 Å². The number of hydrogen-bond donors (Lipinski definition) is 1. The molecule has 0 fully saturated rings. The topological polar surface area (TPSA) is 78.5 Å². The molecule has 0 saturated heterocycles. The fraction of sp³-hybridized carbons (Fsp3) is 0.467. The van der Waals surface area contributed by atoms with Crippen LogP contribution in [0.4, 0.5) is 0 Å². The molecule has 0 aliphatic rings. The molecule has 0 aliphatic heterocycles. The number of ether oxygens (including phenoxy) is 1. The van der Waals surface area contributed by atoms with Gasteiger partial charge in [0, 0.05) is 18.9 Å². The van der Waals surface area contributed by atoms with Crippen molar-refractivity contribution >= 4 is 11.9 Å². The number of unbranched alkanes of at least 4 members (excludes halogenated alkanes) is 1. The molecule has 0 unspecified atom stereocenters. The van der Waals surface area contributed by atoms with E-state index in [0.29, 0.717) is 13.2 Å². The zero-order valence-corrected chi connectivity index (χ0v) is 11.7. The molecule has 0 radical (unpaired) electrons. The van der Waals surface area contributed by atoms with Crippen LogP contribution in [0.25, 0.3) is 0 Å². The van der Waals surface area contributed by atoms with Crippen molar-refractivity contribution in [3.05, 3.63) is 29.8 Å². The number of hydrogen-bond acceptors (Lipinski definition) is 4. The number of nitrogens with one attached hydrogen (secondary N) is 1. The van der Waals surface area contributed by atoms with E-state index >= 15 is 0 Å². The summed E-state index contributed by atoms with van der Waals surface area (Å²) in [5.74, 6) is -0.698. The Morgan fingerprint density at radius 2 is 1.90 bits per heavy atom. The zero-order chi connectivity index (χ0) is 14.8. The average Bonchev–Trinajstić information content (AvgIpc) is 2.44. The Balaban J connectivity index is 2.30. The predicted molar refractivity (Wildman–Crippen MR) is 72.9 cm³/mol. The number of amides is 1. The van der Waals surface area contributed by atoms with Crippen LogP contribution >= 0.6 is 0 Å². The van der Waals surface area contributed by atoms with E-state index in [1.165, 1.54) is 0 Å². The lowest BCUT2D eigenvalue weighted by atomic mass is 10.2. The number of benzene rings is 1. The van der Waals surface area contributed by atoms with Gasteiger partial charge in [0.25, 0.3) is 0 Å². The summed E-state index contributed by atoms with van der Waals surface area (Å²) >= 11 is 0. The first kappa shape index (κ1) is 16.0. The molecule has 1 amide bonds. The lowest BCUT2D eigenvalue weighted by Gasteiger charge is -2.08. The summed E-state index contributed by atoms with van der Waals surface area (Å²) in [5.41, 5.74) is 0.939. The smallest absolute Gasteiger partial charge is 0.220 e. The van der Waals surface area contributed by atoms with Gasteiger partial charge in [0.15, 0.2) is 0 Å². The van der Waals surface area contributed by atoms with Crippen LogP contribution in [-0.2, 0) is 16.1 Å². The summed E-state index contributed by atoms with van der Waals surface area (Å²) in [6.45, 7) is 3.19. The summed E-state index contributed by atoms with van der Waals surface area (Å²) in [6, 6.07) is 7.47. The third-order valence-electron chi connectivity index (χ3n) is 2.74. The van der Waals surface area contributed by atoms with Crippen molar-refractivity contribution in [2.45, 2.75) is 39.2 Å². The molecule has 5 nitrogen and oxygen atoms in total. The van der Waals surface area contributed by atoms with Crippen molar-refractivity contribution in [3.8, 4) is 5.75 Å². The first-order chi connectivity index (χ1) is 9.61. The summed E-state index contributed by atoms with van der Waals surface area (Å²) in [4.78, 5) is 21.6. The van der Waals surface area contributed by atoms with Gasteiger partial charge in [-0.3, -0.25) is 4.79 Å². The third-order valence-corrected chi connectivity index (χ3v) is 2.74. The predicted octanol–water partition coefficient (Wildman–Crippen LogP) is 1.01. The standard InChI is InChI=1S/C15H21NO4/c1-2-3-10-20-13-6-4-12(5-7-13)11-16-14(17)8-9-15(18)19/h4-7H,2-3,8-11H2,1H3,(H,16,17)(H,18,19)/p-1. The Hall–Kier alpha value is -2.04. The molecule has 0 heterocycles. The number of rotatable bonds is 9. The minimum atomic E-state index is -1.21. The van der Waals surface area contributed by atoms with E-state index in [9.17, 15) is 14.7 Å². The highest BCUT2D eigenvalue weighted by molar-refractivity contribution is 5.79. The summed E-state index contributed by atoms with van der Waals surface area (Å²) in [7, 11) is 0. The minimum absolute atomic E-state index is 0.0550. The summed E-state index contributed by atoms with van der Waals surface area (Å²) in [6.07, 6.45) is 1.81. The Morgan fingerprint density at radius 3 is 2.50 bits per heavy atom. The molecule has 1 aromatic rings. The molecule has 1 rings (SSSR count). The average molecular weight is 278 g/mol. The third kappa shape index (κ3) is 6.78. The van der Waals surface area contributed by atoms with Crippen LogP contribution in [0.5, 0.6) is 5.75 Å². The molecule has 0 aromatic heterocycles. The van der Waals surface area contributed by atoms with Crippen molar-refractivity contribution in [2.24, 2.45) is 0 Å². The molecular formula is C15H20NO4-. The molecule has 0 spiro atoms. The van der Waals surface area contributed by atoms with Crippen LogP contribution in [0.2, 0.25) is 0 Å². The first-order valence-electron chi connectivity index (χ1n) is 6.80. The normalized spacial score (nSPS) is 10.1. The van der Waals surface area contributed by atoms with Gasteiger partial charge in [-0.25, -0.2) is 0 Å². The molecule has 1 N–H and O–H groups in total. The highest BCUT2D eigenvalue weighted by Crippen LogP contribution is 2.12. The quantitative estimate of drug-likeness (QED) is 0.684. The maximum atomic E-state index is 11.3. The van der Waals surface area contributed by atoms with E-state index in [4.69, 9.17) is 4.74 Å². The van der Waals surface area contributed by atoms with E-state index in [0.717, 1.165) is 24.2 Å². The fourth-order valence-electron chi connectivity index (χ4n) is 1.54. The van der Waals surface area contributed by atoms with Gasteiger partial charge in [0.05, 0.1) is 6.61 Å². The summed E-state index contributed by atoms with van der Waals surface area (Å²) in [5, 5.41) is 12.9. The molecule has 20 heavy (non-hydrogen) atoms. The first-order valence-corrected chi connectivity index (χ1v) is 6.80. The highest BCUT2D eigenvalue weighted by Gasteiger charge is 2.02. The van der Waals surface area contributed by atoms with E-state index in [-0.39, 0.29) is 18.7 Å². The molecule has 0 aliphatic carbocycles. The van der Waals surface area contributed by atoms with E-state index in [1.54, 1.807) is 0 Å². The maximum Gasteiger partial charge on any atom is 0.220 e. The largest absolute Gasteiger partial charge is 0.550 e. The van der Waals surface area contributed by atoms with Gasteiger partial charge in [0.1, 0.15) is 5.75 Å². The van der Waals surface area contributed by atoms with Crippen LogP contribution in [0.15, 0.2) is 24.3 Å². The summed E-state index contributed by atoms with van der Waals surface area (Å²) < 4.78 is 5.53. The maximum absolute atomic E-state index is 11.3. The molecule has 0 atom stereocenters. The number of carbonyl (C=O) groups excluding carboxylic acids is 2. The fourth-order valence-corrected chi connectivity index (χ4v) is 1.54. The van der Waals surface area contributed by atoms with Gasteiger partial charge in [-0.1, -0.05) is 25.5 Å². The van der Waals surface area contributed by atoms with Crippen molar-refractivity contribution in [1.82, 2.24) is 5.32 Å². The molecule has 0 saturated carbocycles. The Labute approximate surface area is 118 Å². The number of carboxylic acids is 1. The number of carboxylic acid groups (broad SMARTS) is 1. The number of carbonyl (C=O) groups is 2. The number of aliphatic carboxylic acids is 1. The van der Waals surface area contributed by atoms with Gasteiger partial charge in [0.2, 0.25) is 5.91 Å². The molecular weight excluding hydrogens is 258 g/mol. The van der Waals surface area contributed by atoms with Crippen LogP contribution in [-0.4, -0.2) is 18.5 Å². The lowest BCUT2D eigenvalue weighted by Crippen LogP contribution is -2.27. The molecule has 5 heteroatoms. The van der Waals surface area contributed by atoms with Gasteiger partial charge >= 0.3 is 0 Å². The lowest BCUT2D eigenvalue weighted by molar-refractivity contribution is -0.305.